The molecule has 0 aromatic heterocycles. The van der Waals surface area contributed by atoms with Gasteiger partial charge in [-0.05, 0) is 49.7 Å². The molecule has 31 heavy (non-hydrogen) atoms. The van der Waals surface area contributed by atoms with E-state index in [2.05, 4.69) is 22.6 Å². The van der Waals surface area contributed by atoms with Crippen molar-refractivity contribution in [1.82, 2.24) is 4.90 Å². The Morgan fingerprint density at radius 1 is 1.10 bits per heavy atom. The Morgan fingerprint density at radius 3 is 2.52 bits per heavy atom. The molecule has 0 unspecified atom stereocenters. The summed E-state index contributed by atoms with van der Waals surface area (Å²) in [5.74, 6) is -0.566. The molecule has 2 N–H and O–H groups in total. The average Bonchev–Trinajstić information content (AvgIpc) is 2.74. The predicted molar refractivity (Wildman–Crippen MR) is 118 cm³/mol. The van der Waals surface area contributed by atoms with Crippen LogP contribution in [0.2, 0.25) is 5.02 Å². The number of benzene rings is 2. The highest BCUT2D eigenvalue weighted by atomic mass is 35.5. The van der Waals surface area contributed by atoms with E-state index >= 15 is 0 Å². The molecule has 3 rings (SSSR count). The zero-order valence-corrected chi connectivity index (χ0v) is 18.2. The minimum absolute atomic E-state index is 0.0422. The largest absolute Gasteiger partial charge is 0.418 e. The van der Waals surface area contributed by atoms with Gasteiger partial charge in [-0.3, -0.25) is 9.69 Å². The van der Waals surface area contributed by atoms with E-state index in [1.54, 1.807) is 0 Å². The molecule has 168 valence electrons. The molecule has 1 aliphatic carbocycles. The van der Waals surface area contributed by atoms with Crippen LogP contribution in [-0.2, 0) is 17.5 Å². The maximum Gasteiger partial charge on any atom is 0.418 e. The molecule has 0 radical (unpaired) electrons. The van der Waals surface area contributed by atoms with Crippen molar-refractivity contribution in [2.75, 3.05) is 24.2 Å². The van der Waals surface area contributed by atoms with Crippen LogP contribution in [0, 0.1) is 0 Å². The number of amides is 1. The van der Waals surface area contributed by atoms with Gasteiger partial charge < -0.3 is 10.6 Å². The van der Waals surface area contributed by atoms with Crippen molar-refractivity contribution < 1.29 is 18.0 Å². The van der Waals surface area contributed by atoms with Crippen molar-refractivity contribution in [1.29, 1.82) is 0 Å². The fourth-order valence-electron chi connectivity index (χ4n) is 3.98. The van der Waals surface area contributed by atoms with Crippen molar-refractivity contribution >= 4 is 28.9 Å². The third-order valence-electron chi connectivity index (χ3n) is 5.64. The van der Waals surface area contributed by atoms with Crippen molar-refractivity contribution in [3.05, 3.63) is 58.6 Å². The molecule has 2 aromatic rings. The lowest BCUT2D eigenvalue weighted by atomic mass is 9.94. The average molecular weight is 454 g/mol. The molecule has 2 aromatic carbocycles. The molecule has 0 spiro atoms. The number of hydrogen-bond acceptors (Lipinski definition) is 3. The molecule has 1 amide bonds. The van der Waals surface area contributed by atoms with E-state index in [4.69, 9.17) is 11.6 Å². The van der Waals surface area contributed by atoms with E-state index in [9.17, 15) is 18.0 Å². The Kier molecular flexibility index (Phi) is 7.84. The van der Waals surface area contributed by atoms with Crippen LogP contribution >= 0.6 is 11.6 Å². The third kappa shape index (κ3) is 6.61. The monoisotopic (exact) mass is 453 g/mol. The van der Waals surface area contributed by atoms with Gasteiger partial charge in [0.25, 0.3) is 0 Å². The fraction of sp³-hybridized carbons (Fsp3) is 0.435. The lowest BCUT2D eigenvalue weighted by Crippen LogP contribution is -2.33. The zero-order chi connectivity index (χ0) is 22.4. The van der Waals surface area contributed by atoms with Gasteiger partial charge in [-0.2, -0.15) is 13.2 Å². The Labute approximate surface area is 185 Å². The summed E-state index contributed by atoms with van der Waals surface area (Å²) in [6, 6.07) is 11.5. The Hall–Kier alpha value is -2.25. The first-order chi connectivity index (χ1) is 14.7. The zero-order valence-electron chi connectivity index (χ0n) is 17.4. The number of nitrogens with zero attached hydrogens (tertiary/aromatic N) is 1. The lowest BCUT2D eigenvalue weighted by molar-refractivity contribution is -0.137. The van der Waals surface area contributed by atoms with Gasteiger partial charge in [0.15, 0.2) is 0 Å². The van der Waals surface area contributed by atoms with E-state index in [0.29, 0.717) is 6.04 Å². The molecule has 0 heterocycles. The fourth-order valence-corrected chi connectivity index (χ4v) is 4.15. The molecule has 8 heteroatoms. The molecule has 0 aliphatic heterocycles. The maximum absolute atomic E-state index is 13.2. The summed E-state index contributed by atoms with van der Waals surface area (Å²) in [6.07, 6.45) is 1.56. The molecule has 1 aliphatic rings. The molecule has 4 nitrogen and oxygen atoms in total. The summed E-state index contributed by atoms with van der Waals surface area (Å²) in [4.78, 5) is 14.7. The Morgan fingerprint density at radius 2 is 1.81 bits per heavy atom. The van der Waals surface area contributed by atoms with Gasteiger partial charge in [-0.15, -0.1) is 0 Å². The normalized spacial score (nSPS) is 15.2. The van der Waals surface area contributed by atoms with E-state index in [-0.39, 0.29) is 17.3 Å². The van der Waals surface area contributed by atoms with Crippen LogP contribution in [-0.4, -0.2) is 30.4 Å². The quantitative estimate of drug-likeness (QED) is 0.526. The highest BCUT2D eigenvalue weighted by Crippen LogP contribution is 2.36. The number of halogens is 4. The number of nitrogens with one attached hydrogen (secondary N) is 2. The molecule has 0 bridgehead atoms. The number of anilines is 2. The summed E-state index contributed by atoms with van der Waals surface area (Å²) in [6.45, 7) is 0.592. The number of carbonyl (C=O) groups is 1. The predicted octanol–water partition coefficient (Wildman–Crippen LogP) is 6.17. The SMILES string of the molecule is CN(Cc1ccccc1NCC(=O)Nc1ccc(Cl)cc1C(F)(F)F)C1CCCCC1. The summed E-state index contributed by atoms with van der Waals surface area (Å²) >= 11 is 5.69. The van der Waals surface area contributed by atoms with Gasteiger partial charge in [-0.25, -0.2) is 0 Å². The minimum Gasteiger partial charge on any atom is -0.376 e. The molecule has 1 fully saturated rings. The standard InChI is InChI=1S/C23H27ClF3N3O/c1-30(18-8-3-2-4-9-18)15-16-7-5-6-10-20(16)28-14-22(31)29-21-12-11-17(24)13-19(21)23(25,26)27/h5-7,10-13,18,28H,2-4,8-9,14-15H2,1H3,(H,29,31). The Bertz CT molecular complexity index is 898. The second-order valence-corrected chi connectivity index (χ2v) is 8.39. The molecular formula is C23H27ClF3N3O. The van der Waals surface area contributed by atoms with Crippen LogP contribution in [0.5, 0.6) is 0 Å². The number of hydrogen-bond donors (Lipinski definition) is 2. The van der Waals surface area contributed by atoms with Crippen LogP contribution in [0.15, 0.2) is 42.5 Å². The smallest absolute Gasteiger partial charge is 0.376 e. The van der Waals surface area contributed by atoms with E-state index in [0.717, 1.165) is 29.9 Å². The van der Waals surface area contributed by atoms with Crippen LogP contribution in [0.25, 0.3) is 0 Å². The number of rotatable bonds is 7. The number of alkyl halides is 3. The molecule has 0 atom stereocenters. The van der Waals surface area contributed by atoms with Gasteiger partial charge in [-0.1, -0.05) is 49.1 Å². The van der Waals surface area contributed by atoms with Crippen LogP contribution in [0.4, 0.5) is 24.5 Å². The van der Waals surface area contributed by atoms with Crippen molar-refractivity contribution in [3.63, 3.8) is 0 Å². The van der Waals surface area contributed by atoms with Crippen LogP contribution in [0.1, 0.15) is 43.2 Å². The summed E-state index contributed by atoms with van der Waals surface area (Å²) in [5.41, 5.74) is 0.565. The first kappa shape index (κ1) is 23.4. The first-order valence-electron chi connectivity index (χ1n) is 10.4. The highest BCUT2D eigenvalue weighted by Gasteiger charge is 2.34. The van der Waals surface area contributed by atoms with Gasteiger partial charge in [0.1, 0.15) is 0 Å². The maximum atomic E-state index is 13.2. The lowest BCUT2D eigenvalue weighted by Gasteiger charge is -2.31. The van der Waals surface area contributed by atoms with E-state index < -0.39 is 17.6 Å². The van der Waals surface area contributed by atoms with Crippen molar-refractivity contribution in [2.24, 2.45) is 0 Å². The van der Waals surface area contributed by atoms with Crippen molar-refractivity contribution in [2.45, 2.75) is 50.9 Å². The first-order valence-corrected chi connectivity index (χ1v) is 10.8. The highest BCUT2D eigenvalue weighted by molar-refractivity contribution is 6.30. The van der Waals surface area contributed by atoms with Gasteiger partial charge in [0, 0.05) is 23.3 Å². The number of para-hydroxylation sites is 1. The van der Waals surface area contributed by atoms with Gasteiger partial charge in [0.2, 0.25) is 5.91 Å². The number of carbonyl (C=O) groups excluding carboxylic acids is 1. The van der Waals surface area contributed by atoms with E-state index in [1.807, 2.05) is 24.3 Å². The minimum atomic E-state index is -4.61. The molecular weight excluding hydrogens is 427 g/mol. The summed E-state index contributed by atoms with van der Waals surface area (Å²) < 4.78 is 39.7. The van der Waals surface area contributed by atoms with E-state index in [1.165, 1.54) is 38.2 Å². The van der Waals surface area contributed by atoms with Crippen LogP contribution < -0.4 is 10.6 Å². The van der Waals surface area contributed by atoms with Crippen molar-refractivity contribution in [3.8, 4) is 0 Å². The second kappa shape index (κ2) is 10.4. The van der Waals surface area contributed by atoms with Gasteiger partial charge in [0.05, 0.1) is 17.8 Å². The third-order valence-corrected chi connectivity index (χ3v) is 5.87. The van der Waals surface area contributed by atoms with Gasteiger partial charge >= 0.3 is 6.18 Å². The molecule has 0 saturated heterocycles. The topological polar surface area (TPSA) is 44.4 Å². The Balaban J connectivity index is 1.62. The second-order valence-electron chi connectivity index (χ2n) is 7.95. The summed E-state index contributed by atoms with van der Waals surface area (Å²) in [5, 5.41) is 5.36. The summed E-state index contributed by atoms with van der Waals surface area (Å²) in [7, 11) is 2.11. The molecule has 1 saturated carbocycles. The van der Waals surface area contributed by atoms with Crippen LogP contribution in [0.3, 0.4) is 0 Å².